The van der Waals surface area contributed by atoms with Crippen molar-refractivity contribution in [3.05, 3.63) is 11.6 Å². The first-order valence-corrected chi connectivity index (χ1v) is 5.27. The molecule has 2 nitrogen and oxygen atoms in total. The molecule has 0 aliphatic rings. The van der Waals surface area contributed by atoms with Gasteiger partial charge in [0.15, 0.2) is 0 Å². The van der Waals surface area contributed by atoms with Crippen molar-refractivity contribution in [2.45, 2.75) is 45.7 Å². The van der Waals surface area contributed by atoms with Gasteiger partial charge in [0.1, 0.15) is 0 Å². The lowest BCUT2D eigenvalue weighted by Gasteiger charge is -2.14. The summed E-state index contributed by atoms with van der Waals surface area (Å²) in [6.07, 6.45) is -1.30. The minimum Gasteiger partial charge on any atom is -0.545 e. The molecule has 0 saturated heterocycles. The van der Waals surface area contributed by atoms with Crippen molar-refractivity contribution in [2.75, 3.05) is 0 Å². The van der Waals surface area contributed by atoms with Crippen LogP contribution < -0.4 is 5.11 Å². The summed E-state index contributed by atoms with van der Waals surface area (Å²) in [6, 6.07) is 0. The molecule has 94 valence electrons. The summed E-state index contributed by atoms with van der Waals surface area (Å²) in [5.41, 5.74) is -1.57. The van der Waals surface area contributed by atoms with Gasteiger partial charge in [-0.2, -0.15) is 13.2 Å². The van der Waals surface area contributed by atoms with Gasteiger partial charge in [-0.05, 0) is 12.3 Å². The van der Waals surface area contributed by atoms with Gasteiger partial charge in [-0.1, -0.05) is 39.2 Å². The summed E-state index contributed by atoms with van der Waals surface area (Å²) in [4.78, 5) is 10.3. The number of aliphatic carboxylic acids is 1. The Labute approximate surface area is 93.2 Å². The minimum absolute atomic E-state index is 0.0525. The number of allylic oxidation sites excluding steroid dienone is 1. The molecule has 0 aromatic heterocycles. The average Bonchev–Trinajstić information content (AvgIpc) is 2.12. The maximum absolute atomic E-state index is 12.2. The van der Waals surface area contributed by atoms with Crippen molar-refractivity contribution >= 4 is 5.97 Å². The van der Waals surface area contributed by atoms with Crippen molar-refractivity contribution < 1.29 is 23.1 Å². The van der Waals surface area contributed by atoms with Gasteiger partial charge in [0.2, 0.25) is 0 Å². The lowest BCUT2D eigenvalue weighted by molar-refractivity contribution is -0.303. The fourth-order valence-corrected chi connectivity index (χ4v) is 1.30. The first-order chi connectivity index (χ1) is 7.29. The van der Waals surface area contributed by atoms with Crippen molar-refractivity contribution in [1.29, 1.82) is 0 Å². The fraction of sp³-hybridized carbons (Fsp3) is 0.727. The van der Waals surface area contributed by atoms with Crippen molar-refractivity contribution in [1.82, 2.24) is 0 Å². The molecule has 16 heavy (non-hydrogen) atoms. The highest BCUT2D eigenvalue weighted by atomic mass is 19.4. The first kappa shape index (κ1) is 15.0. The third kappa shape index (κ3) is 5.78. The maximum Gasteiger partial charge on any atom is 0.417 e. The van der Waals surface area contributed by atoms with Crippen LogP contribution in [0.15, 0.2) is 11.6 Å². The Kier molecular flexibility index (Phi) is 6.14. The second-order valence-corrected chi connectivity index (χ2v) is 3.89. The van der Waals surface area contributed by atoms with E-state index in [0.717, 1.165) is 25.3 Å². The standard InChI is InChI=1S/C11H17F3O2/c1-3-4-5-8(2)6-7-9(10(15)16)11(12,13)14/h7-8H,3-6H2,1-2H3,(H,15,16)/p-1. The summed E-state index contributed by atoms with van der Waals surface area (Å²) in [5, 5.41) is 10.3. The predicted molar refractivity (Wildman–Crippen MR) is 52.5 cm³/mol. The number of rotatable bonds is 6. The second-order valence-electron chi connectivity index (χ2n) is 3.89. The number of halogens is 3. The van der Waals surface area contributed by atoms with Gasteiger partial charge in [0, 0.05) is 0 Å². The fourth-order valence-electron chi connectivity index (χ4n) is 1.30. The van der Waals surface area contributed by atoms with Gasteiger partial charge in [-0.3, -0.25) is 0 Å². The van der Waals surface area contributed by atoms with E-state index < -0.39 is 17.7 Å². The molecule has 0 bridgehead atoms. The van der Waals surface area contributed by atoms with Gasteiger partial charge < -0.3 is 9.90 Å². The Balaban J connectivity index is 4.41. The van der Waals surface area contributed by atoms with Crippen LogP contribution in [0.25, 0.3) is 0 Å². The molecule has 0 saturated carbocycles. The molecule has 0 aromatic rings. The van der Waals surface area contributed by atoms with Crippen LogP contribution in [0.3, 0.4) is 0 Å². The lowest BCUT2D eigenvalue weighted by atomic mass is 9.99. The molecule has 0 fully saturated rings. The molecule has 5 heteroatoms. The second kappa shape index (κ2) is 6.55. The van der Waals surface area contributed by atoms with Gasteiger partial charge in [-0.25, -0.2) is 0 Å². The van der Waals surface area contributed by atoms with E-state index in [1.165, 1.54) is 0 Å². The van der Waals surface area contributed by atoms with Gasteiger partial charge >= 0.3 is 6.18 Å². The van der Waals surface area contributed by atoms with Crippen LogP contribution >= 0.6 is 0 Å². The SMILES string of the molecule is CCCCC(C)CC=C(C(=O)[O-])C(F)(F)F. The Morgan fingerprint density at radius 1 is 1.44 bits per heavy atom. The summed E-state index contributed by atoms with van der Waals surface area (Å²) >= 11 is 0. The normalized spacial score (nSPS) is 14.9. The third-order valence-electron chi connectivity index (χ3n) is 2.30. The van der Waals surface area contributed by atoms with E-state index >= 15 is 0 Å². The Morgan fingerprint density at radius 3 is 2.38 bits per heavy atom. The largest absolute Gasteiger partial charge is 0.545 e. The molecular weight excluding hydrogens is 221 g/mol. The number of carbonyl (C=O) groups is 1. The number of carboxylic acid groups (broad SMARTS) is 1. The maximum atomic E-state index is 12.2. The van der Waals surface area contributed by atoms with Crippen molar-refractivity contribution in [3.8, 4) is 0 Å². The third-order valence-corrected chi connectivity index (χ3v) is 2.30. The van der Waals surface area contributed by atoms with Crippen LogP contribution in [0.4, 0.5) is 13.2 Å². The molecule has 0 aliphatic carbocycles. The van der Waals surface area contributed by atoms with Crippen LogP contribution in [0.5, 0.6) is 0 Å². The van der Waals surface area contributed by atoms with E-state index in [4.69, 9.17) is 0 Å². The zero-order valence-corrected chi connectivity index (χ0v) is 9.43. The van der Waals surface area contributed by atoms with Crippen LogP contribution in [0.1, 0.15) is 39.5 Å². The summed E-state index contributed by atoms with van der Waals surface area (Å²) in [6.45, 7) is 3.79. The molecule has 0 N–H and O–H groups in total. The van der Waals surface area contributed by atoms with E-state index in [-0.39, 0.29) is 12.3 Å². The molecule has 0 rings (SSSR count). The molecule has 0 aliphatic heterocycles. The summed E-state index contributed by atoms with van der Waals surface area (Å²) < 4.78 is 36.6. The molecule has 0 radical (unpaired) electrons. The van der Waals surface area contributed by atoms with E-state index in [9.17, 15) is 23.1 Å². The van der Waals surface area contributed by atoms with E-state index in [1.807, 2.05) is 6.92 Å². The summed E-state index contributed by atoms with van der Waals surface area (Å²) in [7, 11) is 0. The number of hydrogen-bond acceptors (Lipinski definition) is 2. The van der Waals surface area contributed by atoms with Crippen molar-refractivity contribution in [2.24, 2.45) is 5.92 Å². The molecule has 1 unspecified atom stereocenters. The topological polar surface area (TPSA) is 40.1 Å². The Morgan fingerprint density at radius 2 is 2.00 bits per heavy atom. The molecule has 0 aromatic carbocycles. The van der Waals surface area contributed by atoms with Gasteiger partial charge in [0.05, 0.1) is 11.5 Å². The monoisotopic (exact) mass is 237 g/mol. The highest BCUT2D eigenvalue weighted by Crippen LogP contribution is 2.26. The molecule has 1 atom stereocenters. The molecule has 0 heterocycles. The van der Waals surface area contributed by atoms with Crippen LogP contribution in [0.2, 0.25) is 0 Å². The van der Waals surface area contributed by atoms with Crippen LogP contribution in [0, 0.1) is 5.92 Å². The van der Waals surface area contributed by atoms with Crippen LogP contribution in [-0.2, 0) is 4.79 Å². The first-order valence-electron chi connectivity index (χ1n) is 5.27. The van der Waals surface area contributed by atoms with Gasteiger partial charge in [-0.15, -0.1) is 0 Å². The smallest absolute Gasteiger partial charge is 0.417 e. The van der Waals surface area contributed by atoms with Crippen LogP contribution in [-0.4, -0.2) is 12.1 Å². The molecule has 0 amide bonds. The average molecular weight is 237 g/mol. The highest BCUT2D eigenvalue weighted by Gasteiger charge is 2.34. The number of alkyl halides is 3. The summed E-state index contributed by atoms with van der Waals surface area (Å²) in [5.74, 6) is -2.10. The van der Waals surface area contributed by atoms with E-state index in [1.54, 1.807) is 6.92 Å². The lowest BCUT2D eigenvalue weighted by Crippen LogP contribution is -2.32. The Bertz CT molecular complexity index is 256. The highest BCUT2D eigenvalue weighted by molar-refractivity contribution is 5.86. The zero-order chi connectivity index (χ0) is 12.8. The predicted octanol–water partition coefficient (Wildman–Crippen LogP) is 2.44. The zero-order valence-electron chi connectivity index (χ0n) is 9.43. The van der Waals surface area contributed by atoms with Crippen molar-refractivity contribution in [3.63, 3.8) is 0 Å². The van der Waals surface area contributed by atoms with E-state index in [2.05, 4.69) is 0 Å². The van der Waals surface area contributed by atoms with Gasteiger partial charge in [0.25, 0.3) is 0 Å². The quantitative estimate of drug-likeness (QED) is 0.666. The number of unbranched alkanes of at least 4 members (excludes halogenated alkanes) is 1. The molecular formula is C11H16F3O2-. The number of carbonyl (C=O) groups excluding carboxylic acids is 1. The van der Waals surface area contributed by atoms with E-state index in [0.29, 0.717) is 0 Å². The Hall–Kier alpha value is -1.00. The number of hydrogen-bond donors (Lipinski definition) is 0. The number of carboxylic acids is 1. The minimum atomic E-state index is -4.83. The molecule has 0 spiro atoms.